The summed E-state index contributed by atoms with van der Waals surface area (Å²) in [6, 6.07) is 8.11. The van der Waals surface area contributed by atoms with Gasteiger partial charge < -0.3 is 20.5 Å². The summed E-state index contributed by atoms with van der Waals surface area (Å²) in [5.41, 5.74) is 3.29. The first-order chi connectivity index (χ1) is 17.0. The summed E-state index contributed by atoms with van der Waals surface area (Å²) in [6.07, 6.45) is 4.57. The van der Waals surface area contributed by atoms with Crippen molar-refractivity contribution in [2.24, 2.45) is 0 Å². The second kappa shape index (κ2) is 10.4. The van der Waals surface area contributed by atoms with Gasteiger partial charge in [0.25, 0.3) is 5.91 Å². The number of carbonyl (C=O) groups excluding carboxylic acids is 1. The van der Waals surface area contributed by atoms with Crippen molar-refractivity contribution in [3.05, 3.63) is 71.7 Å². The minimum absolute atomic E-state index is 0.0745. The zero-order valence-corrected chi connectivity index (χ0v) is 19.5. The van der Waals surface area contributed by atoms with E-state index in [0.29, 0.717) is 40.6 Å². The van der Waals surface area contributed by atoms with Crippen LogP contribution < -0.4 is 15.4 Å². The highest BCUT2D eigenvalue weighted by Crippen LogP contribution is 2.29. The Morgan fingerprint density at radius 1 is 1.17 bits per heavy atom. The van der Waals surface area contributed by atoms with E-state index in [0.717, 1.165) is 5.56 Å². The molecule has 180 valence electrons. The number of rotatable bonds is 8. The number of amides is 1. The number of benzene rings is 1. The molecule has 4 rings (SSSR count). The maximum atomic E-state index is 14.7. The number of hydrogen-bond donors (Lipinski definition) is 3. The van der Waals surface area contributed by atoms with Crippen molar-refractivity contribution < 1.29 is 19.0 Å². The maximum absolute atomic E-state index is 14.7. The molecular weight excluding hydrogens is 451 g/mol. The van der Waals surface area contributed by atoms with Crippen LogP contribution in [-0.2, 0) is 6.61 Å². The standard InChI is InChI=1S/C25H25FN6O3/c1-14(16-4-5-18(26)23-17(25(34)27-2)6-7-28-24(16)23)10-30-22-9-19(31-13-32-22)15-8-21(35-3)20(12-33)29-11-15/h4-9,11,13-14,33H,10,12H2,1-3H3,(H,27,34)(H,30,31,32)/t14-/m1/s1. The van der Waals surface area contributed by atoms with E-state index < -0.39 is 5.82 Å². The Morgan fingerprint density at radius 2 is 2.00 bits per heavy atom. The SMILES string of the molecule is CNC(=O)c1ccnc2c([C@H](C)CNc3cc(-c4cnc(CO)c(OC)c4)ncn3)ccc(F)c12. The zero-order valence-electron chi connectivity index (χ0n) is 19.5. The van der Waals surface area contributed by atoms with Crippen molar-refractivity contribution in [2.45, 2.75) is 19.4 Å². The molecule has 0 fully saturated rings. The number of aromatic nitrogens is 4. The summed E-state index contributed by atoms with van der Waals surface area (Å²) in [5.74, 6) is 0.128. The van der Waals surface area contributed by atoms with Crippen LogP contribution in [0.4, 0.5) is 10.2 Å². The summed E-state index contributed by atoms with van der Waals surface area (Å²) < 4.78 is 20.0. The molecule has 0 aliphatic heterocycles. The van der Waals surface area contributed by atoms with Gasteiger partial charge in [-0.25, -0.2) is 14.4 Å². The van der Waals surface area contributed by atoms with Crippen LogP contribution >= 0.6 is 0 Å². The van der Waals surface area contributed by atoms with Gasteiger partial charge in [0.15, 0.2) is 0 Å². The van der Waals surface area contributed by atoms with Gasteiger partial charge in [-0.1, -0.05) is 13.0 Å². The summed E-state index contributed by atoms with van der Waals surface area (Å²) in [6.45, 7) is 2.24. The number of anilines is 1. The van der Waals surface area contributed by atoms with Gasteiger partial charge in [0.2, 0.25) is 0 Å². The third kappa shape index (κ3) is 4.87. The smallest absolute Gasteiger partial charge is 0.251 e. The quantitative estimate of drug-likeness (QED) is 0.354. The predicted molar refractivity (Wildman–Crippen MR) is 130 cm³/mol. The fraction of sp³-hybridized carbons (Fsp3) is 0.240. The molecule has 0 aliphatic rings. The topological polar surface area (TPSA) is 122 Å². The van der Waals surface area contributed by atoms with Crippen LogP contribution in [0, 0.1) is 5.82 Å². The number of pyridine rings is 2. The molecular formula is C25H25FN6O3. The molecule has 1 aromatic carbocycles. The Hall–Kier alpha value is -4.18. The van der Waals surface area contributed by atoms with E-state index in [1.165, 1.54) is 38.8 Å². The van der Waals surface area contributed by atoms with Crippen LogP contribution in [0.25, 0.3) is 22.2 Å². The van der Waals surface area contributed by atoms with E-state index in [2.05, 4.69) is 30.6 Å². The van der Waals surface area contributed by atoms with Crippen LogP contribution in [0.3, 0.4) is 0 Å². The monoisotopic (exact) mass is 476 g/mol. The molecule has 0 saturated heterocycles. The van der Waals surface area contributed by atoms with Gasteiger partial charge in [-0.3, -0.25) is 14.8 Å². The third-order valence-corrected chi connectivity index (χ3v) is 5.73. The first-order valence-electron chi connectivity index (χ1n) is 11.0. The van der Waals surface area contributed by atoms with Crippen molar-refractivity contribution in [2.75, 3.05) is 26.0 Å². The summed E-state index contributed by atoms with van der Waals surface area (Å²) in [5, 5.41) is 15.4. The molecule has 4 aromatic rings. The molecule has 3 heterocycles. The van der Waals surface area contributed by atoms with Gasteiger partial charge in [-0.05, 0) is 23.8 Å². The number of ether oxygens (including phenoxy) is 1. The molecule has 0 bridgehead atoms. The number of fused-ring (bicyclic) bond motifs is 1. The van der Waals surface area contributed by atoms with Crippen LogP contribution in [0.15, 0.2) is 49.1 Å². The van der Waals surface area contributed by atoms with E-state index in [4.69, 9.17) is 4.74 Å². The lowest BCUT2D eigenvalue weighted by molar-refractivity contribution is 0.0964. The minimum atomic E-state index is -0.493. The number of methoxy groups -OCH3 is 1. The van der Waals surface area contributed by atoms with E-state index in [9.17, 15) is 14.3 Å². The largest absolute Gasteiger partial charge is 0.495 e. The molecule has 0 aliphatic carbocycles. The summed E-state index contributed by atoms with van der Waals surface area (Å²) >= 11 is 0. The second-order valence-electron chi connectivity index (χ2n) is 7.90. The normalized spacial score (nSPS) is 11.8. The summed E-state index contributed by atoms with van der Waals surface area (Å²) in [7, 11) is 3.02. The van der Waals surface area contributed by atoms with Crippen LogP contribution in [0.2, 0.25) is 0 Å². The number of aliphatic hydroxyl groups excluding tert-OH is 1. The molecule has 3 aromatic heterocycles. The van der Waals surface area contributed by atoms with Gasteiger partial charge in [0.05, 0.1) is 30.5 Å². The number of hydrogen-bond acceptors (Lipinski definition) is 8. The Morgan fingerprint density at radius 3 is 2.74 bits per heavy atom. The van der Waals surface area contributed by atoms with Crippen LogP contribution in [0.1, 0.15) is 34.5 Å². The first kappa shape index (κ1) is 24.0. The summed E-state index contributed by atoms with van der Waals surface area (Å²) in [4.78, 5) is 29.4. The predicted octanol–water partition coefficient (Wildman–Crippen LogP) is 3.30. The van der Waals surface area contributed by atoms with Gasteiger partial charge in [0.1, 0.15) is 29.4 Å². The van der Waals surface area contributed by atoms with Crippen LogP contribution in [-0.4, -0.2) is 51.7 Å². The number of carbonyl (C=O) groups is 1. The maximum Gasteiger partial charge on any atom is 0.251 e. The van der Waals surface area contributed by atoms with E-state index in [1.54, 1.807) is 24.4 Å². The lowest BCUT2D eigenvalue weighted by atomic mass is 9.95. The fourth-order valence-electron chi connectivity index (χ4n) is 3.86. The Bertz CT molecular complexity index is 1380. The molecule has 0 radical (unpaired) electrons. The van der Waals surface area contributed by atoms with Crippen molar-refractivity contribution in [1.82, 2.24) is 25.3 Å². The lowest BCUT2D eigenvalue weighted by Gasteiger charge is -2.17. The number of halogens is 1. The van der Waals surface area contributed by atoms with Gasteiger partial charge in [-0.2, -0.15) is 0 Å². The second-order valence-corrected chi connectivity index (χ2v) is 7.90. The van der Waals surface area contributed by atoms with Gasteiger partial charge >= 0.3 is 0 Å². The number of nitrogens with zero attached hydrogens (tertiary/aromatic N) is 4. The zero-order chi connectivity index (χ0) is 24.9. The molecule has 35 heavy (non-hydrogen) atoms. The average Bonchev–Trinajstić information content (AvgIpc) is 2.90. The van der Waals surface area contributed by atoms with Crippen LogP contribution in [0.5, 0.6) is 5.75 Å². The van der Waals surface area contributed by atoms with Crippen molar-refractivity contribution in [3.63, 3.8) is 0 Å². The molecule has 1 amide bonds. The highest BCUT2D eigenvalue weighted by Gasteiger charge is 2.19. The molecule has 10 heteroatoms. The van der Waals surface area contributed by atoms with Crippen molar-refractivity contribution >= 4 is 22.6 Å². The molecule has 0 saturated carbocycles. The minimum Gasteiger partial charge on any atom is -0.495 e. The highest BCUT2D eigenvalue weighted by molar-refractivity contribution is 6.06. The Balaban J connectivity index is 1.58. The van der Waals surface area contributed by atoms with Gasteiger partial charge in [-0.15, -0.1) is 0 Å². The first-order valence-corrected chi connectivity index (χ1v) is 11.0. The van der Waals surface area contributed by atoms with Crippen molar-refractivity contribution in [3.8, 4) is 17.0 Å². The fourth-order valence-corrected chi connectivity index (χ4v) is 3.86. The average molecular weight is 477 g/mol. The molecule has 3 N–H and O–H groups in total. The Labute approximate surface area is 201 Å². The highest BCUT2D eigenvalue weighted by atomic mass is 19.1. The lowest BCUT2D eigenvalue weighted by Crippen LogP contribution is -2.19. The van der Waals surface area contributed by atoms with E-state index >= 15 is 0 Å². The number of nitrogens with one attached hydrogen (secondary N) is 2. The van der Waals surface area contributed by atoms with Gasteiger partial charge in [0, 0.05) is 48.9 Å². The Kier molecular flexibility index (Phi) is 7.11. The molecule has 9 nitrogen and oxygen atoms in total. The molecule has 0 unspecified atom stereocenters. The molecule has 1 atom stereocenters. The molecule has 0 spiro atoms. The van der Waals surface area contributed by atoms with Crippen molar-refractivity contribution in [1.29, 1.82) is 0 Å². The number of aliphatic hydroxyl groups is 1. The third-order valence-electron chi connectivity index (χ3n) is 5.73. The van der Waals surface area contributed by atoms with E-state index in [-0.39, 0.29) is 29.4 Å². The van der Waals surface area contributed by atoms with E-state index in [1.807, 2.05) is 6.92 Å².